The van der Waals surface area contributed by atoms with E-state index in [1.54, 1.807) is 16.7 Å². The molecular weight excluding hydrogens is 366 g/mol. The highest BCUT2D eigenvalue weighted by Crippen LogP contribution is 2.14. The summed E-state index contributed by atoms with van der Waals surface area (Å²) in [6, 6.07) is 11.8. The van der Waals surface area contributed by atoms with Crippen molar-refractivity contribution in [2.24, 2.45) is 0 Å². The Bertz CT molecular complexity index is 949. The van der Waals surface area contributed by atoms with Gasteiger partial charge in [0.05, 0.1) is 5.69 Å². The van der Waals surface area contributed by atoms with Crippen LogP contribution in [0.15, 0.2) is 51.9 Å². The van der Waals surface area contributed by atoms with Crippen LogP contribution in [0, 0.1) is 13.8 Å². The Kier molecular flexibility index (Phi) is 4.83. The summed E-state index contributed by atoms with van der Waals surface area (Å²) in [5.41, 5.74) is 5.25. The number of pyridine rings is 1. The molecule has 0 aliphatic heterocycles. The molecule has 0 aliphatic carbocycles. The number of aryl methyl sites for hydroxylation is 2. The van der Waals surface area contributed by atoms with Crippen molar-refractivity contribution in [3.8, 4) is 0 Å². The third-order valence-electron chi connectivity index (χ3n) is 4.05. The van der Waals surface area contributed by atoms with Gasteiger partial charge in [-0.05, 0) is 60.1 Å². The maximum atomic E-state index is 12.3. The highest BCUT2D eigenvalue weighted by molar-refractivity contribution is 9.10. The van der Waals surface area contributed by atoms with E-state index in [4.69, 9.17) is 0 Å². The maximum absolute atomic E-state index is 12.3. The third-order valence-corrected chi connectivity index (χ3v) is 4.52. The standard InChI is InChI=1S/C19H20BrN3O/c1-13-4-5-15(14(2)8-13)10-22(3)12-17-9-19(24)23-11-16(20)6-7-18(23)21-17/h4-9,11H,10,12H2,1-3H3. The van der Waals surface area contributed by atoms with Crippen molar-refractivity contribution in [3.63, 3.8) is 0 Å². The molecule has 0 saturated carbocycles. The molecule has 0 saturated heterocycles. The summed E-state index contributed by atoms with van der Waals surface area (Å²) in [6.45, 7) is 5.70. The lowest BCUT2D eigenvalue weighted by molar-refractivity contribution is 0.314. The predicted octanol–water partition coefficient (Wildman–Crippen LogP) is 3.71. The van der Waals surface area contributed by atoms with E-state index < -0.39 is 0 Å². The fourth-order valence-corrected chi connectivity index (χ4v) is 3.19. The highest BCUT2D eigenvalue weighted by Gasteiger charge is 2.08. The topological polar surface area (TPSA) is 37.6 Å². The number of rotatable bonds is 4. The molecule has 4 nitrogen and oxygen atoms in total. The summed E-state index contributed by atoms with van der Waals surface area (Å²) >= 11 is 3.38. The Balaban J connectivity index is 1.81. The molecule has 24 heavy (non-hydrogen) atoms. The zero-order valence-corrected chi connectivity index (χ0v) is 15.7. The van der Waals surface area contributed by atoms with E-state index in [0.29, 0.717) is 12.2 Å². The smallest absolute Gasteiger partial charge is 0.258 e. The lowest BCUT2D eigenvalue weighted by Crippen LogP contribution is -2.22. The molecule has 0 fully saturated rings. The molecule has 2 aromatic heterocycles. The fourth-order valence-electron chi connectivity index (χ4n) is 2.85. The first-order chi connectivity index (χ1) is 11.4. The van der Waals surface area contributed by atoms with Crippen LogP contribution in [0.4, 0.5) is 0 Å². The van der Waals surface area contributed by atoms with Crippen molar-refractivity contribution in [2.45, 2.75) is 26.9 Å². The van der Waals surface area contributed by atoms with Gasteiger partial charge in [-0.15, -0.1) is 0 Å². The van der Waals surface area contributed by atoms with Crippen molar-refractivity contribution < 1.29 is 0 Å². The minimum atomic E-state index is -0.0591. The van der Waals surface area contributed by atoms with Gasteiger partial charge >= 0.3 is 0 Å². The molecule has 3 aromatic rings. The Hall–Kier alpha value is -1.98. The quantitative estimate of drug-likeness (QED) is 0.686. The van der Waals surface area contributed by atoms with Gasteiger partial charge in [-0.3, -0.25) is 14.1 Å². The molecule has 3 rings (SSSR count). The largest absolute Gasteiger partial charge is 0.296 e. The second-order valence-electron chi connectivity index (χ2n) is 6.26. The molecular formula is C19H20BrN3O. The molecule has 0 aliphatic rings. The van der Waals surface area contributed by atoms with Crippen LogP contribution in [0.1, 0.15) is 22.4 Å². The number of hydrogen-bond donors (Lipinski definition) is 0. The van der Waals surface area contributed by atoms with Crippen LogP contribution in [0.5, 0.6) is 0 Å². The van der Waals surface area contributed by atoms with Gasteiger partial charge in [0.2, 0.25) is 0 Å². The first-order valence-corrected chi connectivity index (χ1v) is 8.64. The molecule has 2 heterocycles. The first-order valence-electron chi connectivity index (χ1n) is 7.85. The lowest BCUT2D eigenvalue weighted by atomic mass is 10.1. The van der Waals surface area contributed by atoms with Gasteiger partial charge in [0.1, 0.15) is 5.65 Å². The van der Waals surface area contributed by atoms with Crippen LogP contribution in [0.2, 0.25) is 0 Å². The summed E-state index contributed by atoms with van der Waals surface area (Å²) in [5, 5.41) is 0. The second kappa shape index (κ2) is 6.87. The van der Waals surface area contributed by atoms with E-state index >= 15 is 0 Å². The molecule has 0 spiro atoms. The average Bonchev–Trinajstić information content (AvgIpc) is 2.51. The summed E-state index contributed by atoms with van der Waals surface area (Å²) in [5.74, 6) is 0. The second-order valence-corrected chi connectivity index (χ2v) is 7.18. The fraction of sp³-hybridized carbons (Fsp3) is 0.263. The van der Waals surface area contributed by atoms with E-state index in [1.165, 1.54) is 16.7 Å². The molecule has 0 amide bonds. The number of hydrogen-bond acceptors (Lipinski definition) is 3. The van der Waals surface area contributed by atoms with E-state index in [0.717, 1.165) is 16.7 Å². The Labute approximate surface area is 149 Å². The lowest BCUT2D eigenvalue weighted by Gasteiger charge is -2.18. The Morgan fingerprint density at radius 2 is 1.92 bits per heavy atom. The van der Waals surface area contributed by atoms with E-state index in [2.05, 4.69) is 57.9 Å². The molecule has 5 heteroatoms. The molecule has 124 valence electrons. The molecule has 0 atom stereocenters. The van der Waals surface area contributed by atoms with E-state index in [1.807, 2.05) is 19.2 Å². The number of nitrogens with zero attached hydrogens (tertiary/aromatic N) is 3. The first kappa shape index (κ1) is 16.9. The van der Waals surface area contributed by atoms with Crippen LogP contribution in [0.25, 0.3) is 5.65 Å². The van der Waals surface area contributed by atoms with Crippen molar-refractivity contribution in [1.82, 2.24) is 14.3 Å². The summed E-state index contributed by atoms with van der Waals surface area (Å²) in [4.78, 5) is 19.0. The van der Waals surface area contributed by atoms with Gasteiger partial charge in [0, 0.05) is 29.8 Å². The molecule has 0 unspecified atom stereocenters. The number of halogens is 1. The van der Waals surface area contributed by atoms with Gasteiger partial charge in [0.15, 0.2) is 0 Å². The summed E-state index contributed by atoms with van der Waals surface area (Å²) in [6.07, 6.45) is 1.74. The molecule has 0 radical (unpaired) electrons. The number of benzene rings is 1. The molecule has 1 aromatic carbocycles. The minimum absolute atomic E-state index is 0.0591. The van der Waals surface area contributed by atoms with Crippen molar-refractivity contribution in [3.05, 3.63) is 79.8 Å². The number of aromatic nitrogens is 2. The van der Waals surface area contributed by atoms with E-state index in [9.17, 15) is 4.79 Å². The summed E-state index contributed by atoms with van der Waals surface area (Å²) < 4.78 is 2.41. The van der Waals surface area contributed by atoms with Crippen molar-refractivity contribution >= 4 is 21.6 Å². The van der Waals surface area contributed by atoms with E-state index in [-0.39, 0.29) is 5.56 Å². The van der Waals surface area contributed by atoms with Crippen molar-refractivity contribution in [2.75, 3.05) is 7.05 Å². The number of fused-ring (bicyclic) bond motifs is 1. The SMILES string of the molecule is Cc1ccc(CN(C)Cc2cc(=O)n3cc(Br)ccc3n2)c(C)c1. The molecule has 0 bridgehead atoms. The minimum Gasteiger partial charge on any atom is -0.296 e. The van der Waals surface area contributed by atoms with Crippen LogP contribution >= 0.6 is 15.9 Å². The van der Waals surface area contributed by atoms with Gasteiger partial charge in [-0.1, -0.05) is 23.8 Å². The highest BCUT2D eigenvalue weighted by atomic mass is 79.9. The van der Waals surface area contributed by atoms with Gasteiger partial charge < -0.3 is 0 Å². The predicted molar refractivity (Wildman–Crippen MR) is 100 cm³/mol. The molecule has 0 N–H and O–H groups in total. The third kappa shape index (κ3) is 3.74. The van der Waals surface area contributed by atoms with Crippen molar-refractivity contribution in [1.29, 1.82) is 0 Å². The summed E-state index contributed by atoms with van der Waals surface area (Å²) in [7, 11) is 2.05. The normalized spacial score (nSPS) is 11.4. The average molecular weight is 386 g/mol. The van der Waals surface area contributed by atoms with Gasteiger partial charge in [-0.25, -0.2) is 4.98 Å². The zero-order valence-electron chi connectivity index (χ0n) is 14.1. The van der Waals surface area contributed by atoms with Crippen LogP contribution in [0.3, 0.4) is 0 Å². The van der Waals surface area contributed by atoms with Crippen LogP contribution < -0.4 is 5.56 Å². The maximum Gasteiger partial charge on any atom is 0.258 e. The Morgan fingerprint density at radius 1 is 1.12 bits per heavy atom. The zero-order chi connectivity index (χ0) is 17.3. The van der Waals surface area contributed by atoms with Gasteiger partial charge in [-0.2, -0.15) is 0 Å². The van der Waals surface area contributed by atoms with Gasteiger partial charge in [0.25, 0.3) is 5.56 Å². The van der Waals surface area contributed by atoms with Crippen LogP contribution in [-0.4, -0.2) is 21.3 Å². The monoisotopic (exact) mass is 385 g/mol. The Morgan fingerprint density at radius 3 is 2.67 bits per heavy atom. The van der Waals surface area contributed by atoms with Crippen LogP contribution in [-0.2, 0) is 13.1 Å².